The van der Waals surface area contributed by atoms with Crippen LogP contribution in [0.4, 0.5) is 17.1 Å². The lowest BCUT2D eigenvalue weighted by atomic mass is 9.85. The Morgan fingerprint density at radius 1 is 0.725 bits per heavy atom. The zero-order valence-electron chi connectivity index (χ0n) is 23.4. The van der Waals surface area contributed by atoms with Gasteiger partial charge < -0.3 is 9.80 Å². The highest BCUT2D eigenvalue weighted by Crippen LogP contribution is 2.38. The van der Waals surface area contributed by atoms with E-state index < -0.39 is 0 Å². The summed E-state index contributed by atoms with van der Waals surface area (Å²) in [6, 6.07) is 20.3. The van der Waals surface area contributed by atoms with Crippen molar-refractivity contribution in [3.8, 4) is 0 Å². The number of para-hydroxylation sites is 1. The summed E-state index contributed by atoms with van der Waals surface area (Å²) < 4.78 is 0. The SMILES string of the molecule is CN(C1=CC(CC2=CC=CCC=C2)=CC=CC1)c1ccc(N(c2ccccc2)C2CC=CC3=C2C=CCC3)cc1. The van der Waals surface area contributed by atoms with E-state index >= 15 is 0 Å². The fourth-order valence-electron chi connectivity index (χ4n) is 6.04. The molecule has 0 saturated heterocycles. The van der Waals surface area contributed by atoms with E-state index in [1.54, 1.807) is 0 Å². The standard InChI is InChI=1S/C38H38N2/c1-39(36-21-11-9-16-31(29-36)28-30-14-5-2-3-6-15-30)33-24-26-35(27-25-33)40(34-19-7-4-8-20-34)38-23-13-18-32-17-10-12-22-37(32)38/h2,4-9,11-16,18-20,22,24-27,29,38H,3,10,17,21,23,28H2,1H3. The summed E-state index contributed by atoms with van der Waals surface area (Å²) in [4.78, 5) is 4.86. The van der Waals surface area contributed by atoms with Crippen molar-refractivity contribution in [1.29, 1.82) is 0 Å². The van der Waals surface area contributed by atoms with E-state index in [-0.39, 0.29) is 0 Å². The van der Waals surface area contributed by atoms with E-state index in [0.717, 1.165) is 38.5 Å². The Labute approximate surface area is 239 Å². The molecule has 0 amide bonds. The zero-order valence-corrected chi connectivity index (χ0v) is 23.4. The Bertz CT molecular complexity index is 1490. The molecule has 1 unspecified atom stereocenters. The fourth-order valence-corrected chi connectivity index (χ4v) is 6.04. The van der Waals surface area contributed by atoms with Crippen molar-refractivity contribution in [2.75, 3.05) is 16.8 Å². The van der Waals surface area contributed by atoms with Crippen molar-refractivity contribution in [2.24, 2.45) is 0 Å². The summed E-state index contributed by atoms with van der Waals surface area (Å²) in [7, 11) is 2.19. The van der Waals surface area contributed by atoms with E-state index in [9.17, 15) is 0 Å². The molecule has 0 spiro atoms. The van der Waals surface area contributed by atoms with Gasteiger partial charge in [0.15, 0.2) is 0 Å². The monoisotopic (exact) mass is 522 g/mol. The van der Waals surface area contributed by atoms with E-state index in [1.807, 2.05) is 0 Å². The van der Waals surface area contributed by atoms with Gasteiger partial charge in [0.25, 0.3) is 0 Å². The van der Waals surface area contributed by atoms with Crippen molar-refractivity contribution < 1.29 is 0 Å². The minimum Gasteiger partial charge on any atom is -0.348 e. The van der Waals surface area contributed by atoms with Crippen LogP contribution in [0.25, 0.3) is 0 Å². The Kier molecular flexibility index (Phi) is 7.95. The fraction of sp³-hybridized carbons (Fsp3) is 0.211. The summed E-state index contributed by atoms with van der Waals surface area (Å²) >= 11 is 0. The van der Waals surface area contributed by atoms with Gasteiger partial charge in [-0.3, -0.25) is 0 Å². The molecule has 4 aliphatic rings. The van der Waals surface area contributed by atoms with Crippen molar-refractivity contribution in [2.45, 2.75) is 44.6 Å². The number of hydrogen-bond donors (Lipinski definition) is 0. The topological polar surface area (TPSA) is 6.48 Å². The molecule has 0 fully saturated rings. The lowest BCUT2D eigenvalue weighted by Gasteiger charge is -2.37. The van der Waals surface area contributed by atoms with Gasteiger partial charge in [0.05, 0.1) is 6.04 Å². The summed E-state index contributed by atoms with van der Waals surface area (Å²) in [5.41, 5.74) is 10.6. The molecule has 0 heterocycles. The Morgan fingerprint density at radius 2 is 1.50 bits per heavy atom. The molecule has 0 bridgehead atoms. The first-order chi connectivity index (χ1) is 19.8. The summed E-state index contributed by atoms with van der Waals surface area (Å²) in [6.07, 6.45) is 35.7. The van der Waals surface area contributed by atoms with E-state index in [0.29, 0.717) is 6.04 Å². The highest BCUT2D eigenvalue weighted by atomic mass is 15.2. The minimum absolute atomic E-state index is 0.298. The van der Waals surface area contributed by atoms with Crippen molar-refractivity contribution in [1.82, 2.24) is 0 Å². The molecule has 2 aromatic carbocycles. The molecule has 40 heavy (non-hydrogen) atoms. The van der Waals surface area contributed by atoms with Crippen LogP contribution in [0.5, 0.6) is 0 Å². The summed E-state index contributed by atoms with van der Waals surface area (Å²) in [5.74, 6) is 0. The highest BCUT2D eigenvalue weighted by molar-refractivity contribution is 5.70. The third-order valence-electron chi connectivity index (χ3n) is 8.16. The number of allylic oxidation sites excluding steroid dienone is 14. The summed E-state index contributed by atoms with van der Waals surface area (Å²) in [5, 5.41) is 0. The Balaban J connectivity index is 1.27. The maximum atomic E-state index is 2.52. The van der Waals surface area contributed by atoms with Crippen LogP contribution < -0.4 is 9.80 Å². The molecule has 2 nitrogen and oxygen atoms in total. The quantitative estimate of drug-likeness (QED) is 0.357. The number of nitrogens with zero attached hydrogens (tertiary/aromatic N) is 2. The average Bonchev–Trinajstić information content (AvgIpc) is 3.41. The van der Waals surface area contributed by atoms with Crippen LogP contribution in [0.1, 0.15) is 38.5 Å². The van der Waals surface area contributed by atoms with Gasteiger partial charge >= 0.3 is 0 Å². The average molecular weight is 523 g/mol. The van der Waals surface area contributed by atoms with Gasteiger partial charge in [-0.25, -0.2) is 0 Å². The van der Waals surface area contributed by atoms with Crippen LogP contribution in [0.3, 0.4) is 0 Å². The molecular formula is C38H38N2. The molecule has 1 atom stereocenters. The van der Waals surface area contributed by atoms with Crippen LogP contribution >= 0.6 is 0 Å². The van der Waals surface area contributed by atoms with Crippen molar-refractivity contribution in [3.63, 3.8) is 0 Å². The van der Waals surface area contributed by atoms with Crippen LogP contribution in [-0.2, 0) is 0 Å². The van der Waals surface area contributed by atoms with Crippen LogP contribution in [0.2, 0.25) is 0 Å². The predicted octanol–water partition coefficient (Wildman–Crippen LogP) is 9.84. The number of benzene rings is 2. The van der Waals surface area contributed by atoms with Gasteiger partial charge in [0.2, 0.25) is 0 Å². The predicted molar refractivity (Wildman–Crippen MR) is 172 cm³/mol. The first kappa shape index (κ1) is 26.0. The smallest absolute Gasteiger partial charge is 0.0628 e. The second-order valence-corrected chi connectivity index (χ2v) is 10.9. The minimum atomic E-state index is 0.298. The number of hydrogen-bond acceptors (Lipinski definition) is 2. The normalized spacial score (nSPS) is 19.8. The molecule has 0 N–H and O–H groups in total. The van der Waals surface area contributed by atoms with Gasteiger partial charge in [0, 0.05) is 36.2 Å². The van der Waals surface area contributed by atoms with Gasteiger partial charge in [-0.15, -0.1) is 0 Å². The second-order valence-electron chi connectivity index (χ2n) is 10.9. The van der Waals surface area contributed by atoms with Gasteiger partial charge in [-0.2, -0.15) is 0 Å². The molecule has 0 radical (unpaired) electrons. The van der Waals surface area contributed by atoms with E-state index in [4.69, 9.17) is 0 Å². The van der Waals surface area contributed by atoms with E-state index in [2.05, 4.69) is 150 Å². The number of anilines is 3. The summed E-state index contributed by atoms with van der Waals surface area (Å²) in [6.45, 7) is 0. The molecule has 2 aromatic rings. The molecule has 0 saturated carbocycles. The molecular weight excluding hydrogens is 484 g/mol. The lowest BCUT2D eigenvalue weighted by molar-refractivity contribution is 0.731. The first-order valence-corrected chi connectivity index (χ1v) is 14.6. The Hall–Kier alpha value is -4.30. The maximum Gasteiger partial charge on any atom is 0.0628 e. The molecule has 0 aromatic heterocycles. The molecule has 6 rings (SSSR count). The van der Waals surface area contributed by atoms with Gasteiger partial charge in [-0.05, 0) is 96.9 Å². The zero-order chi connectivity index (χ0) is 27.1. The first-order valence-electron chi connectivity index (χ1n) is 14.6. The molecule has 200 valence electrons. The molecule has 0 aliphatic heterocycles. The third kappa shape index (κ3) is 5.82. The van der Waals surface area contributed by atoms with Crippen LogP contribution in [-0.4, -0.2) is 13.1 Å². The second kappa shape index (κ2) is 12.3. The highest BCUT2D eigenvalue weighted by Gasteiger charge is 2.27. The van der Waals surface area contributed by atoms with Crippen molar-refractivity contribution in [3.05, 3.63) is 162 Å². The van der Waals surface area contributed by atoms with E-state index in [1.165, 1.54) is 45.1 Å². The number of rotatable bonds is 7. The Morgan fingerprint density at radius 3 is 2.38 bits per heavy atom. The lowest BCUT2D eigenvalue weighted by Crippen LogP contribution is -2.34. The third-order valence-corrected chi connectivity index (χ3v) is 8.16. The maximum absolute atomic E-state index is 2.52. The largest absolute Gasteiger partial charge is 0.348 e. The van der Waals surface area contributed by atoms with Crippen LogP contribution in [0.15, 0.2) is 162 Å². The van der Waals surface area contributed by atoms with Crippen LogP contribution in [0, 0.1) is 0 Å². The van der Waals surface area contributed by atoms with Crippen molar-refractivity contribution >= 4 is 17.1 Å². The molecule has 4 aliphatic carbocycles. The molecule has 2 heteroatoms. The van der Waals surface area contributed by atoms with Gasteiger partial charge in [0.1, 0.15) is 0 Å². The van der Waals surface area contributed by atoms with Gasteiger partial charge in [-0.1, -0.05) is 91.1 Å².